The first-order valence-electron chi connectivity index (χ1n) is 9.21. The molecule has 0 radical (unpaired) electrons. The molecule has 2 aliphatic carbocycles. The van der Waals surface area contributed by atoms with Gasteiger partial charge in [-0.05, 0) is 77.4 Å². The Morgan fingerprint density at radius 1 is 1.08 bits per heavy atom. The van der Waals surface area contributed by atoms with E-state index in [1.807, 2.05) is 13.8 Å². The number of rotatable bonds is 2. The van der Waals surface area contributed by atoms with E-state index in [2.05, 4.69) is 38.2 Å². The lowest BCUT2D eigenvalue weighted by Crippen LogP contribution is -2.35. The highest BCUT2D eigenvalue weighted by molar-refractivity contribution is 5.66. The minimum atomic E-state index is -0.464. The zero-order chi connectivity index (χ0) is 17.7. The van der Waals surface area contributed by atoms with Gasteiger partial charge in [0.1, 0.15) is 5.60 Å². The topological polar surface area (TPSA) is 26.3 Å². The summed E-state index contributed by atoms with van der Waals surface area (Å²) >= 11 is 0. The van der Waals surface area contributed by atoms with E-state index >= 15 is 0 Å². The zero-order valence-corrected chi connectivity index (χ0v) is 15.9. The average molecular weight is 328 g/mol. The van der Waals surface area contributed by atoms with Crippen LogP contribution in [-0.4, -0.2) is 11.6 Å². The average Bonchev–Trinajstić information content (AvgIpc) is 3.19. The largest absolute Gasteiger partial charge is 0.459 e. The Morgan fingerprint density at radius 3 is 2.38 bits per heavy atom. The number of fused-ring (bicyclic) bond motifs is 1. The van der Waals surface area contributed by atoms with Gasteiger partial charge in [-0.25, -0.2) is 0 Å². The number of hydrogen-bond acceptors (Lipinski definition) is 2. The first-order chi connectivity index (χ1) is 11.3. The maximum absolute atomic E-state index is 11.5. The van der Waals surface area contributed by atoms with Crippen LogP contribution < -0.4 is 0 Å². The predicted octanol–water partition coefficient (Wildman–Crippen LogP) is 6.06. The summed E-state index contributed by atoms with van der Waals surface area (Å²) < 4.78 is 5.63. The molecule has 0 unspecified atom stereocenters. The van der Waals surface area contributed by atoms with E-state index in [1.165, 1.54) is 29.2 Å². The van der Waals surface area contributed by atoms with Gasteiger partial charge in [-0.2, -0.15) is 0 Å². The second-order valence-electron chi connectivity index (χ2n) is 7.81. The summed E-state index contributed by atoms with van der Waals surface area (Å²) in [4.78, 5) is 11.5. The molecule has 24 heavy (non-hydrogen) atoms. The van der Waals surface area contributed by atoms with Gasteiger partial charge in [0.2, 0.25) is 0 Å². The van der Waals surface area contributed by atoms with Crippen LogP contribution in [0.2, 0.25) is 0 Å². The lowest BCUT2D eigenvalue weighted by Gasteiger charge is -2.32. The lowest BCUT2D eigenvalue weighted by molar-refractivity contribution is -0.157. The van der Waals surface area contributed by atoms with Gasteiger partial charge in [0.25, 0.3) is 0 Å². The molecule has 132 valence electrons. The summed E-state index contributed by atoms with van der Waals surface area (Å²) in [6, 6.07) is 0. The van der Waals surface area contributed by atoms with Gasteiger partial charge in [-0.1, -0.05) is 35.5 Å². The molecule has 0 saturated carbocycles. The summed E-state index contributed by atoms with van der Waals surface area (Å²) in [6.07, 6.45) is 15.9. The van der Waals surface area contributed by atoms with E-state index in [-0.39, 0.29) is 11.9 Å². The van der Waals surface area contributed by atoms with Crippen LogP contribution in [0.1, 0.15) is 73.1 Å². The van der Waals surface area contributed by atoms with Gasteiger partial charge in [0.05, 0.1) is 0 Å². The molecule has 0 aromatic carbocycles. The van der Waals surface area contributed by atoms with Crippen LogP contribution in [0.3, 0.4) is 0 Å². The molecule has 0 fully saturated rings. The second kappa shape index (κ2) is 8.00. The van der Waals surface area contributed by atoms with Crippen LogP contribution in [0.25, 0.3) is 0 Å². The molecule has 0 spiro atoms. The molecule has 2 aliphatic rings. The Balaban J connectivity index is 2.16. The highest BCUT2D eigenvalue weighted by atomic mass is 16.6. The summed E-state index contributed by atoms with van der Waals surface area (Å²) in [7, 11) is 0. The molecule has 0 bridgehead atoms. The molecule has 2 nitrogen and oxygen atoms in total. The third-order valence-electron chi connectivity index (χ3n) is 5.09. The minimum Gasteiger partial charge on any atom is -0.459 e. The Hall–Kier alpha value is -1.57. The van der Waals surface area contributed by atoms with E-state index in [1.54, 1.807) is 0 Å². The van der Waals surface area contributed by atoms with E-state index in [9.17, 15) is 4.79 Å². The van der Waals surface area contributed by atoms with Crippen molar-refractivity contribution in [2.75, 3.05) is 0 Å². The molecular formula is C22H32O2. The molecular weight excluding hydrogens is 296 g/mol. The summed E-state index contributed by atoms with van der Waals surface area (Å²) in [5.41, 5.74) is 5.30. The van der Waals surface area contributed by atoms with Crippen LogP contribution in [-0.2, 0) is 9.53 Å². The second-order valence-corrected chi connectivity index (χ2v) is 7.81. The van der Waals surface area contributed by atoms with E-state index in [0.717, 1.165) is 38.5 Å². The maximum Gasteiger partial charge on any atom is 0.303 e. The molecule has 2 rings (SSSR count). The first kappa shape index (κ1) is 18.8. The number of ether oxygens (including phenoxy) is 1. The normalized spacial score (nSPS) is 29.5. The highest BCUT2D eigenvalue weighted by Gasteiger charge is 2.32. The number of hydrogen-bond donors (Lipinski definition) is 0. The van der Waals surface area contributed by atoms with Gasteiger partial charge in [-0.3, -0.25) is 4.79 Å². The monoisotopic (exact) mass is 328 g/mol. The number of allylic oxidation sites excluding steroid dienone is 7. The van der Waals surface area contributed by atoms with Crippen molar-refractivity contribution in [1.82, 2.24) is 0 Å². The van der Waals surface area contributed by atoms with Crippen LogP contribution in [0, 0.1) is 5.92 Å². The molecule has 0 amide bonds. The van der Waals surface area contributed by atoms with Gasteiger partial charge >= 0.3 is 5.97 Å². The van der Waals surface area contributed by atoms with Crippen molar-refractivity contribution in [3.63, 3.8) is 0 Å². The lowest BCUT2D eigenvalue weighted by atomic mass is 9.84. The van der Waals surface area contributed by atoms with Crippen molar-refractivity contribution in [1.29, 1.82) is 0 Å². The van der Waals surface area contributed by atoms with Crippen molar-refractivity contribution in [3.05, 3.63) is 46.6 Å². The van der Waals surface area contributed by atoms with Crippen molar-refractivity contribution in [3.8, 4) is 0 Å². The molecule has 0 heterocycles. The van der Waals surface area contributed by atoms with Gasteiger partial charge in [-0.15, -0.1) is 0 Å². The molecule has 0 aliphatic heterocycles. The standard InChI is InChI=1S/C22H32O2/c1-16-8-6-9-17(2)12-13-21(22(4,5)24-18(3)23)15-20-14-19(20)11-7-10-16/h9-10,14-15,21H,6-8,11-13H2,1-5H3/b16-10+,17-9+,20-15+/t21-/m1/s1. The SMILES string of the molecule is CC(=O)OC(C)(C)[C@H]1/C=C2C=C\2CC/C=C(\C)CC/C=C(\C)CC1. The van der Waals surface area contributed by atoms with Crippen molar-refractivity contribution >= 4 is 5.97 Å². The van der Waals surface area contributed by atoms with Crippen molar-refractivity contribution in [2.45, 2.75) is 78.7 Å². The highest BCUT2D eigenvalue weighted by Crippen LogP contribution is 2.38. The number of carbonyl (C=O) groups is 1. The fourth-order valence-electron chi connectivity index (χ4n) is 3.43. The quantitative estimate of drug-likeness (QED) is 0.455. The third-order valence-corrected chi connectivity index (χ3v) is 5.09. The Morgan fingerprint density at radius 2 is 1.71 bits per heavy atom. The van der Waals surface area contributed by atoms with Crippen LogP contribution in [0.5, 0.6) is 0 Å². The molecule has 0 saturated heterocycles. The van der Waals surface area contributed by atoms with Crippen LogP contribution >= 0.6 is 0 Å². The summed E-state index contributed by atoms with van der Waals surface area (Å²) in [5.74, 6) is 0.0448. The van der Waals surface area contributed by atoms with E-state index in [0.29, 0.717) is 0 Å². The fourth-order valence-corrected chi connectivity index (χ4v) is 3.43. The molecule has 1 atom stereocenters. The predicted molar refractivity (Wildman–Crippen MR) is 101 cm³/mol. The molecule has 2 heteroatoms. The van der Waals surface area contributed by atoms with Gasteiger partial charge in [0.15, 0.2) is 0 Å². The molecule has 0 aromatic heterocycles. The first-order valence-corrected chi connectivity index (χ1v) is 9.21. The number of esters is 1. The van der Waals surface area contributed by atoms with Gasteiger partial charge in [0, 0.05) is 12.8 Å². The summed E-state index contributed by atoms with van der Waals surface area (Å²) in [6.45, 7) is 10.0. The van der Waals surface area contributed by atoms with Crippen molar-refractivity contribution < 1.29 is 9.53 Å². The Kier molecular flexibility index (Phi) is 6.26. The minimum absolute atomic E-state index is 0.199. The summed E-state index contributed by atoms with van der Waals surface area (Å²) in [5, 5.41) is 0. The third kappa shape index (κ3) is 5.81. The molecule has 0 aromatic rings. The smallest absolute Gasteiger partial charge is 0.303 e. The Bertz CT molecular complexity index is 599. The van der Waals surface area contributed by atoms with Gasteiger partial charge < -0.3 is 4.74 Å². The van der Waals surface area contributed by atoms with E-state index in [4.69, 9.17) is 4.74 Å². The fraction of sp³-hybridized carbons (Fsp3) is 0.591. The Labute approximate surface area is 147 Å². The number of carbonyl (C=O) groups excluding carboxylic acids is 1. The van der Waals surface area contributed by atoms with Crippen molar-refractivity contribution in [2.24, 2.45) is 5.92 Å². The maximum atomic E-state index is 11.5. The zero-order valence-electron chi connectivity index (χ0n) is 15.9. The van der Waals surface area contributed by atoms with E-state index < -0.39 is 5.60 Å². The van der Waals surface area contributed by atoms with Crippen LogP contribution in [0.15, 0.2) is 46.6 Å². The van der Waals surface area contributed by atoms with Crippen LogP contribution in [0.4, 0.5) is 0 Å². The molecule has 0 N–H and O–H groups in total.